The van der Waals surface area contributed by atoms with Gasteiger partial charge < -0.3 is 5.73 Å². The van der Waals surface area contributed by atoms with Gasteiger partial charge in [-0.05, 0) is 25.5 Å². The lowest BCUT2D eigenvalue weighted by Gasteiger charge is -1.86. The largest absolute Gasteiger partial charge is 0.390 e. The van der Waals surface area contributed by atoms with E-state index in [4.69, 9.17) is 5.73 Å². The lowest BCUT2D eigenvalue weighted by molar-refractivity contribution is 1.22. The second kappa shape index (κ2) is 3.76. The quantitative estimate of drug-likeness (QED) is 0.446. The van der Waals surface area contributed by atoms with Crippen LogP contribution in [0.3, 0.4) is 0 Å². The van der Waals surface area contributed by atoms with Crippen LogP contribution in [0.25, 0.3) is 0 Å². The van der Waals surface area contributed by atoms with Crippen molar-refractivity contribution in [3.63, 3.8) is 0 Å². The lowest BCUT2D eigenvalue weighted by atomic mass is 10.2. The van der Waals surface area contributed by atoms with Crippen LogP contribution in [0.1, 0.15) is 13.3 Å². The fraction of sp³-hybridized carbons (Fsp3) is 0.222. The Hall–Kier alpha value is -1.31. The van der Waals surface area contributed by atoms with Gasteiger partial charge in [0.05, 0.1) is 12.0 Å². The Morgan fingerprint density at radius 3 is 3.09 bits per heavy atom. The minimum absolute atomic E-state index is 0.907. The van der Waals surface area contributed by atoms with Crippen molar-refractivity contribution in [2.24, 2.45) is 10.7 Å². The van der Waals surface area contributed by atoms with E-state index >= 15 is 0 Å². The lowest BCUT2D eigenvalue weighted by Crippen LogP contribution is -1.87. The first-order chi connectivity index (χ1) is 5.33. The van der Waals surface area contributed by atoms with E-state index in [9.17, 15) is 0 Å². The van der Waals surface area contributed by atoms with E-state index in [2.05, 4.69) is 24.1 Å². The van der Waals surface area contributed by atoms with Crippen molar-refractivity contribution in [3.05, 3.63) is 35.6 Å². The zero-order valence-corrected chi connectivity index (χ0v) is 6.62. The first-order valence-corrected chi connectivity index (χ1v) is 3.61. The molecule has 0 saturated carbocycles. The fourth-order valence-electron chi connectivity index (χ4n) is 0.889. The molecule has 2 nitrogen and oxygen atoms in total. The molecule has 0 atom stereocenters. The fourth-order valence-corrected chi connectivity index (χ4v) is 0.889. The molecule has 0 spiro atoms. The van der Waals surface area contributed by atoms with Gasteiger partial charge in [-0.2, -0.15) is 0 Å². The molecule has 0 heterocycles. The molecule has 0 bridgehead atoms. The molecule has 0 aromatic heterocycles. The van der Waals surface area contributed by atoms with Crippen LogP contribution in [-0.2, 0) is 0 Å². The van der Waals surface area contributed by atoms with E-state index in [1.54, 1.807) is 0 Å². The highest BCUT2D eigenvalue weighted by molar-refractivity contribution is 5.54. The molecule has 11 heavy (non-hydrogen) atoms. The third-order valence-electron chi connectivity index (χ3n) is 1.49. The van der Waals surface area contributed by atoms with Crippen LogP contribution >= 0.6 is 0 Å². The predicted octanol–water partition coefficient (Wildman–Crippen LogP) is 1.76. The number of hydrogen-bond acceptors (Lipinski definition) is 1. The Kier molecular flexibility index (Phi) is 2.66. The molecule has 0 amide bonds. The van der Waals surface area contributed by atoms with E-state index in [0.29, 0.717) is 0 Å². The van der Waals surface area contributed by atoms with Crippen LogP contribution in [0.5, 0.6) is 0 Å². The van der Waals surface area contributed by atoms with Gasteiger partial charge in [0.25, 0.3) is 0 Å². The van der Waals surface area contributed by atoms with E-state index in [0.717, 1.165) is 12.1 Å². The number of nitrogens with zero attached hydrogens (tertiary/aromatic N) is 1. The highest BCUT2D eigenvalue weighted by atomic mass is 14.8. The molecule has 0 saturated heterocycles. The Labute approximate surface area is 66.8 Å². The summed E-state index contributed by atoms with van der Waals surface area (Å²) in [5.74, 6) is 0. The van der Waals surface area contributed by atoms with Crippen molar-refractivity contribution < 1.29 is 0 Å². The van der Waals surface area contributed by atoms with Gasteiger partial charge in [-0.3, -0.25) is 0 Å². The Morgan fingerprint density at radius 1 is 1.55 bits per heavy atom. The summed E-state index contributed by atoms with van der Waals surface area (Å²) in [6.07, 6.45) is 10.4. The van der Waals surface area contributed by atoms with E-state index in [-0.39, 0.29) is 0 Å². The SMILES string of the molecule is CC1=CC=C(N=CN)C=CC1. The first kappa shape index (κ1) is 7.79. The van der Waals surface area contributed by atoms with Gasteiger partial charge in [-0.1, -0.05) is 17.7 Å². The summed E-state index contributed by atoms with van der Waals surface area (Å²) < 4.78 is 0. The number of allylic oxidation sites excluding steroid dienone is 5. The van der Waals surface area contributed by atoms with Gasteiger partial charge in [-0.15, -0.1) is 0 Å². The molecule has 0 aromatic carbocycles. The molecular weight excluding hydrogens is 136 g/mol. The average Bonchev–Trinajstić information content (AvgIpc) is 2.17. The molecule has 2 heteroatoms. The van der Waals surface area contributed by atoms with Crippen LogP contribution < -0.4 is 5.73 Å². The molecule has 2 N–H and O–H groups in total. The molecule has 1 aliphatic rings. The summed E-state index contributed by atoms with van der Waals surface area (Å²) in [5.41, 5.74) is 7.40. The van der Waals surface area contributed by atoms with Gasteiger partial charge in [0.15, 0.2) is 0 Å². The normalized spacial score (nSPS) is 17.9. The van der Waals surface area contributed by atoms with E-state index in [1.807, 2.05) is 12.2 Å². The van der Waals surface area contributed by atoms with Crippen molar-refractivity contribution in [1.82, 2.24) is 0 Å². The number of rotatable bonds is 1. The topological polar surface area (TPSA) is 38.4 Å². The van der Waals surface area contributed by atoms with Gasteiger partial charge in [0, 0.05) is 0 Å². The summed E-state index contributed by atoms with van der Waals surface area (Å²) in [5, 5.41) is 0. The highest BCUT2D eigenvalue weighted by Crippen LogP contribution is 2.10. The second-order valence-electron chi connectivity index (χ2n) is 2.49. The van der Waals surface area contributed by atoms with Gasteiger partial charge in [-0.25, -0.2) is 4.99 Å². The Morgan fingerprint density at radius 2 is 2.36 bits per heavy atom. The number of hydrogen-bond donors (Lipinski definition) is 1. The molecular formula is C9H12N2. The van der Waals surface area contributed by atoms with Crippen LogP contribution in [0.15, 0.2) is 40.6 Å². The molecule has 58 valence electrons. The van der Waals surface area contributed by atoms with Crippen LogP contribution in [0.2, 0.25) is 0 Å². The molecule has 0 fully saturated rings. The maximum atomic E-state index is 5.16. The summed E-state index contributed by atoms with van der Waals surface area (Å²) in [6, 6.07) is 0. The van der Waals surface area contributed by atoms with Crippen molar-refractivity contribution in [1.29, 1.82) is 0 Å². The maximum absolute atomic E-state index is 5.16. The van der Waals surface area contributed by atoms with Crippen molar-refractivity contribution >= 4 is 6.34 Å². The average molecular weight is 148 g/mol. The third-order valence-corrected chi connectivity index (χ3v) is 1.49. The molecule has 1 rings (SSSR count). The minimum atomic E-state index is 0.907. The highest BCUT2D eigenvalue weighted by Gasteiger charge is 1.91. The Bertz CT molecular complexity index is 244. The zero-order chi connectivity index (χ0) is 8.10. The van der Waals surface area contributed by atoms with Crippen molar-refractivity contribution in [2.75, 3.05) is 0 Å². The summed E-state index contributed by atoms with van der Waals surface area (Å²) in [7, 11) is 0. The van der Waals surface area contributed by atoms with Crippen molar-refractivity contribution in [2.45, 2.75) is 13.3 Å². The van der Waals surface area contributed by atoms with Gasteiger partial charge >= 0.3 is 0 Å². The summed E-state index contributed by atoms with van der Waals surface area (Å²) >= 11 is 0. The summed E-state index contributed by atoms with van der Waals surface area (Å²) in [6.45, 7) is 2.09. The smallest absolute Gasteiger partial charge is 0.0860 e. The standard InChI is InChI=1S/C9H12N2/c1-8-3-2-4-9(6-5-8)11-7-10/h2,4-7H,3H2,1H3,(H2,10,11). The van der Waals surface area contributed by atoms with E-state index < -0.39 is 0 Å². The second-order valence-corrected chi connectivity index (χ2v) is 2.49. The van der Waals surface area contributed by atoms with Crippen LogP contribution in [0.4, 0.5) is 0 Å². The zero-order valence-electron chi connectivity index (χ0n) is 6.62. The van der Waals surface area contributed by atoms with Gasteiger partial charge in [0.1, 0.15) is 0 Å². The van der Waals surface area contributed by atoms with Gasteiger partial charge in [0.2, 0.25) is 0 Å². The molecule has 0 aliphatic heterocycles. The molecule has 1 aliphatic carbocycles. The predicted molar refractivity (Wildman–Crippen MR) is 48.3 cm³/mol. The maximum Gasteiger partial charge on any atom is 0.0860 e. The molecule has 0 radical (unpaired) electrons. The van der Waals surface area contributed by atoms with Crippen molar-refractivity contribution in [3.8, 4) is 0 Å². The molecule has 0 aromatic rings. The third kappa shape index (κ3) is 2.42. The number of nitrogens with two attached hydrogens (primary N) is 1. The Balaban J connectivity index is 2.80. The monoisotopic (exact) mass is 148 g/mol. The first-order valence-electron chi connectivity index (χ1n) is 3.61. The van der Waals surface area contributed by atoms with Crippen LogP contribution in [-0.4, -0.2) is 6.34 Å². The molecule has 0 unspecified atom stereocenters. The minimum Gasteiger partial charge on any atom is -0.390 e. The summed E-state index contributed by atoms with van der Waals surface area (Å²) in [4.78, 5) is 3.96. The van der Waals surface area contributed by atoms with E-state index in [1.165, 1.54) is 11.9 Å². The van der Waals surface area contributed by atoms with Crippen LogP contribution in [0, 0.1) is 0 Å². The number of aliphatic imine (C=N–C) groups is 1.